The van der Waals surface area contributed by atoms with Crippen LogP contribution in [0.4, 0.5) is 0 Å². The Balaban J connectivity index is 1.54. The molecule has 1 saturated carbocycles. The van der Waals surface area contributed by atoms with Crippen molar-refractivity contribution in [1.82, 2.24) is 0 Å². The van der Waals surface area contributed by atoms with E-state index in [1.807, 2.05) is 0 Å². The van der Waals surface area contributed by atoms with E-state index >= 15 is 0 Å². The fraction of sp³-hybridized carbons (Fsp3) is 0.310. The maximum Gasteiger partial charge on any atom is 0.238 e. The number of hydrogen-bond donors (Lipinski definition) is 0. The van der Waals surface area contributed by atoms with Gasteiger partial charge in [-0.2, -0.15) is 0 Å². The van der Waals surface area contributed by atoms with Gasteiger partial charge in [-0.3, -0.25) is 0 Å². The van der Waals surface area contributed by atoms with Crippen LogP contribution in [0.15, 0.2) is 96.8 Å². The maximum atomic E-state index is 7.11. The molecule has 4 atom stereocenters. The van der Waals surface area contributed by atoms with Crippen molar-refractivity contribution in [2.75, 3.05) is 0 Å². The largest absolute Gasteiger partial charge is 0.459 e. The monoisotopic (exact) mass is 408 g/mol. The van der Waals surface area contributed by atoms with E-state index in [9.17, 15) is 0 Å². The third kappa shape index (κ3) is 3.04. The minimum Gasteiger partial charge on any atom is -0.459 e. The Hall–Kier alpha value is -2.84. The summed E-state index contributed by atoms with van der Waals surface area (Å²) in [5.41, 5.74) is 3.34. The second-order valence-electron chi connectivity index (χ2n) is 9.21. The van der Waals surface area contributed by atoms with Crippen LogP contribution < -0.4 is 0 Å². The lowest BCUT2D eigenvalue weighted by atomic mass is 9.63. The molecule has 31 heavy (non-hydrogen) atoms. The number of rotatable bonds is 3. The van der Waals surface area contributed by atoms with Gasteiger partial charge in [-0.15, -0.1) is 0 Å². The van der Waals surface area contributed by atoms with Crippen LogP contribution in [0.5, 0.6) is 0 Å². The predicted octanol–water partition coefficient (Wildman–Crippen LogP) is 7.04. The minimum atomic E-state index is -0.726. The summed E-state index contributed by atoms with van der Waals surface area (Å²) >= 11 is 0. The number of fused-ring (bicyclic) bond motifs is 1. The normalized spacial score (nSPS) is 33.0. The average molecular weight is 409 g/mol. The van der Waals surface area contributed by atoms with E-state index in [2.05, 4.69) is 97.1 Å². The molecule has 1 aliphatic carbocycles. The summed E-state index contributed by atoms with van der Waals surface area (Å²) in [6, 6.07) is 32.1. The highest BCUT2D eigenvalue weighted by Crippen LogP contribution is 2.65. The molecule has 2 nitrogen and oxygen atoms in total. The zero-order valence-electron chi connectivity index (χ0n) is 17.7. The Kier molecular flexibility index (Phi) is 4.50. The molecular formula is C29H28O2. The Morgan fingerprint density at radius 3 is 2.19 bits per heavy atom. The van der Waals surface area contributed by atoms with Gasteiger partial charge in [0.2, 0.25) is 5.79 Å². The first-order valence-electron chi connectivity index (χ1n) is 11.6. The minimum absolute atomic E-state index is 0.358. The quantitative estimate of drug-likeness (QED) is 0.462. The first kappa shape index (κ1) is 18.9. The molecule has 3 aliphatic rings. The second kappa shape index (κ2) is 7.39. The maximum absolute atomic E-state index is 7.11. The van der Waals surface area contributed by atoms with Gasteiger partial charge in [-0.25, -0.2) is 0 Å². The van der Waals surface area contributed by atoms with Crippen molar-refractivity contribution in [1.29, 1.82) is 0 Å². The molecule has 2 saturated heterocycles. The van der Waals surface area contributed by atoms with Crippen LogP contribution in [0, 0.1) is 5.92 Å². The Labute approximate surface area is 184 Å². The van der Waals surface area contributed by atoms with Crippen molar-refractivity contribution in [3.63, 3.8) is 0 Å². The summed E-state index contributed by atoms with van der Waals surface area (Å²) in [6.07, 6.45) is 7.72. The van der Waals surface area contributed by atoms with Gasteiger partial charge in [-0.05, 0) is 36.0 Å². The molecule has 0 N–H and O–H groups in total. The Bertz CT molecular complexity index is 1080. The van der Waals surface area contributed by atoms with Gasteiger partial charge < -0.3 is 9.47 Å². The van der Waals surface area contributed by atoms with E-state index in [0.717, 1.165) is 24.2 Å². The Morgan fingerprint density at radius 2 is 1.45 bits per heavy atom. The summed E-state index contributed by atoms with van der Waals surface area (Å²) in [6.45, 7) is 0. The highest BCUT2D eigenvalue weighted by Gasteiger charge is 2.66. The van der Waals surface area contributed by atoms with Crippen LogP contribution >= 0.6 is 0 Å². The summed E-state index contributed by atoms with van der Waals surface area (Å²) in [5, 5.41) is 0. The lowest BCUT2D eigenvalue weighted by Crippen LogP contribution is -2.51. The topological polar surface area (TPSA) is 18.5 Å². The van der Waals surface area contributed by atoms with Gasteiger partial charge >= 0.3 is 0 Å². The number of benzene rings is 3. The molecule has 2 bridgehead atoms. The molecule has 2 heteroatoms. The standard InChI is InChI=1S/C29H28O2/c1-4-12-22(13-5-1)20-27-28-19-11-10-18-26(28)25(23-14-6-2-7-15-23)21-29(30-27,31-28)24-16-8-3-9-17-24/h1-9,12-17,20,25-26H,10-11,18-19,21H2/b27-20-/t25-,26+,28-,29-/m0/s1. The van der Waals surface area contributed by atoms with Crippen molar-refractivity contribution in [3.05, 3.63) is 113 Å². The second-order valence-corrected chi connectivity index (χ2v) is 9.21. The lowest BCUT2D eigenvalue weighted by molar-refractivity contribution is -0.248. The van der Waals surface area contributed by atoms with Crippen LogP contribution in [-0.2, 0) is 15.3 Å². The molecule has 0 aromatic heterocycles. The van der Waals surface area contributed by atoms with E-state index in [4.69, 9.17) is 9.47 Å². The molecule has 0 amide bonds. The van der Waals surface area contributed by atoms with Crippen molar-refractivity contribution in [2.45, 2.75) is 49.4 Å². The van der Waals surface area contributed by atoms with Crippen molar-refractivity contribution >= 4 is 6.08 Å². The van der Waals surface area contributed by atoms with Crippen molar-refractivity contribution in [3.8, 4) is 0 Å². The van der Waals surface area contributed by atoms with Crippen LogP contribution in [-0.4, -0.2) is 5.60 Å². The Morgan fingerprint density at radius 1 is 0.774 bits per heavy atom. The number of ether oxygens (including phenoxy) is 2. The molecule has 0 radical (unpaired) electrons. The summed E-state index contributed by atoms with van der Waals surface area (Å²) < 4.78 is 14.0. The van der Waals surface area contributed by atoms with E-state index in [0.29, 0.717) is 11.8 Å². The van der Waals surface area contributed by atoms with Gasteiger partial charge in [-0.1, -0.05) is 104 Å². The first-order valence-corrected chi connectivity index (χ1v) is 11.6. The first-order chi connectivity index (χ1) is 15.3. The van der Waals surface area contributed by atoms with Crippen LogP contribution in [0.25, 0.3) is 6.08 Å². The molecule has 0 unspecified atom stereocenters. The SMILES string of the molecule is C(=C1/O[C@@]2(c3ccccc3)C[C@@H](c3ccccc3)[C@H]3CCCC[C@@]13O2)/c1ccccc1. The fourth-order valence-electron chi connectivity index (χ4n) is 6.10. The molecule has 2 aliphatic heterocycles. The molecule has 3 fully saturated rings. The molecule has 3 aromatic rings. The van der Waals surface area contributed by atoms with E-state index < -0.39 is 5.79 Å². The van der Waals surface area contributed by atoms with Gasteiger partial charge in [0.15, 0.2) is 0 Å². The van der Waals surface area contributed by atoms with E-state index in [-0.39, 0.29) is 5.60 Å². The summed E-state index contributed by atoms with van der Waals surface area (Å²) in [7, 11) is 0. The van der Waals surface area contributed by atoms with Crippen LogP contribution in [0.3, 0.4) is 0 Å². The molecule has 6 rings (SSSR count). The van der Waals surface area contributed by atoms with Crippen molar-refractivity contribution < 1.29 is 9.47 Å². The molecular weight excluding hydrogens is 380 g/mol. The van der Waals surface area contributed by atoms with E-state index in [1.54, 1.807) is 0 Å². The van der Waals surface area contributed by atoms with Gasteiger partial charge in [0.25, 0.3) is 0 Å². The van der Waals surface area contributed by atoms with Crippen LogP contribution in [0.1, 0.15) is 54.7 Å². The molecule has 2 heterocycles. The zero-order chi connectivity index (χ0) is 20.7. The average Bonchev–Trinajstić information content (AvgIpc) is 3.08. The third-order valence-corrected chi connectivity index (χ3v) is 7.46. The van der Waals surface area contributed by atoms with Gasteiger partial charge in [0.1, 0.15) is 11.4 Å². The summed E-state index contributed by atoms with van der Waals surface area (Å²) in [5.74, 6) is 1.14. The fourth-order valence-corrected chi connectivity index (χ4v) is 6.10. The zero-order valence-corrected chi connectivity index (χ0v) is 17.7. The predicted molar refractivity (Wildman–Crippen MR) is 123 cm³/mol. The highest BCUT2D eigenvalue weighted by molar-refractivity contribution is 5.55. The highest BCUT2D eigenvalue weighted by atomic mass is 16.8. The van der Waals surface area contributed by atoms with Crippen molar-refractivity contribution in [2.24, 2.45) is 5.92 Å². The van der Waals surface area contributed by atoms with Crippen LogP contribution in [0.2, 0.25) is 0 Å². The lowest BCUT2D eigenvalue weighted by Gasteiger charge is -2.49. The number of hydrogen-bond acceptors (Lipinski definition) is 2. The molecule has 1 spiro atoms. The molecule has 3 aromatic carbocycles. The van der Waals surface area contributed by atoms with E-state index in [1.165, 1.54) is 30.4 Å². The van der Waals surface area contributed by atoms with Gasteiger partial charge in [0.05, 0.1) is 0 Å². The summed E-state index contributed by atoms with van der Waals surface area (Å²) in [4.78, 5) is 0. The molecule has 156 valence electrons. The third-order valence-electron chi connectivity index (χ3n) is 7.46. The van der Waals surface area contributed by atoms with Gasteiger partial charge in [0, 0.05) is 17.9 Å². The smallest absolute Gasteiger partial charge is 0.238 e.